The lowest BCUT2D eigenvalue weighted by Gasteiger charge is -2.51. The molecule has 1 saturated carbocycles. The summed E-state index contributed by atoms with van der Waals surface area (Å²) in [6.45, 7) is 6.02. The van der Waals surface area contributed by atoms with E-state index in [0.717, 1.165) is 40.7 Å². The van der Waals surface area contributed by atoms with E-state index < -0.39 is 34.4 Å². The van der Waals surface area contributed by atoms with Crippen LogP contribution < -0.4 is 10.6 Å². The normalized spacial score (nSPS) is 27.5. The topological polar surface area (TPSA) is 90.4 Å². The second-order valence-electron chi connectivity index (χ2n) is 12.9. The standard InChI is InChI=1S/C33H33F2N5O2/c1-31(2)30(42)40(32(3,18-38-31)23-11-24(34)13-25(35)12-23)17-21-9-22-8-19-7-20(10-27(22)37-16-21)15-33(14-19)26-5-4-6-36-28(26)39-29(33)41/h4-6,8-13,16,29,38,41H,7,14-15,17-18H2,1-3H3,(H,36,39). The van der Waals surface area contributed by atoms with Crippen LogP contribution in [-0.4, -0.2) is 44.2 Å². The summed E-state index contributed by atoms with van der Waals surface area (Å²) >= 11 is 0. The van der Waals surface area contributed by atoms with Gasteiger partial charge in [0.25, 0.3) is 0 Å². The molecule has 3 N–H and O–H groups in total. The van der Waals surface area contributed by atoms with Crippen LogP contribution in [0.25, 0.3) is 12.2 Å². The first kappa shape index (κ1) is 26.9. The third-order valence-corrected chi connectivity index (χ3v) is 9.46. The lowest BCUT2D eigenvalue weighted by atomic mass is 9.66. The van der Waals surface area contributed by atoms with E-state index >= 15 is 0 Å². The highest BCUT2D eigenvalue weighted by molar-refractivity contribution is 5.87. The van der Waals surface area contributed by atoms with Crippen LogP contribution in [-0.2, 0) is 22.3 Å². The van der Waals surface area contributed by atoms with Crippen LogP contribution >= 0.6 is 0 Å². The van der Waals surface area contributed by atoms with Gasteiger partial charge in [-0.05, 0) is 81.5 Å². The Morgan fingerprint density at radius 1 is 1.05 bits per heavy atom. The minimum atomic E-state index is -0.987. The number of aromatic nitrogens is 2. The molecule has 3 unspecified atom stereocenters. The average Bonchev–Trinajstić information content (AvgIpc) is 3.11. The molecule has 4 heterocycles. The lowest BCUT2D eigenvalue weighted by Crippen LogP contribution is -2.68. The van der Waals surface area contributed by atoms with Gasteiger partial charge in [-0.25, -0.2) is 13.8 Å². The fourth-order valence-electron chi connectivity index (χ4n) is 7.17. The number of pyridine rings is 2. The van der Waals surface area contributed by atoms with Crippen molar-refractivity contribution in [1.29, 1.82) is 0 Å². The first-order chi connectivity index (χ1) is 20.0. The number of nitrogens with zero attached hydrogens (tertiary/aromatic N) is 3. The van der Waals surface area contributed by atoms with Crippen LogP contribution in [0.3, 0.4) is 0 Å². The highest BCUT2D eigenvalue weighted by Gasteiger charge is 2.50. The van der Waals surface area contributed by atoms with E-state index in [-0.39, 0.29) is 12.5 Å². The number of carbonyl (C=O) groups excluding carboxylic acids is 1. The molecule has 2 aliphatic heterocycles. The van der Waals surface area contributed by atoms with Crippen LogP contribution in [0, 0.1) is 11.6 Å². The average molecular weight is 570 g/mol. The zero-order valence-corrected chi connectivity index (χ0v) is 23.8. The first-order valence-corrected chi connectivity index (χ1v) is 14.3. The number of hydrogen-bond donors (Lipinski definition) is 3. The van der Waals surface area contributed by atoms with E-state index in [1.165, 1.54) is 23.3 Å². The molecule has 3 atom stereocenters. The van der Waals surface area contributed by atoms with Crippen molar-refractivity contribution >= 4 is 23.9 Å². The number of allylic oxidation sites excluding steroid dienone is 2. The molecule has 1 amide bonds. The van der Waals surface area contributed by atoms with Gasteiger partial charge < -0.3 is 20.6 Å². The maximum atomic E-state index is 14.3. The molecule has 42 heavy (non-hydrogen) atoms. The lowest BCUT2D eigenvalue weighted by molar-refractivity contribution is -0.150. The molecule has 2 aliphatic carbocycles. The minimum absolute atomic E-state index is 0.163. The van der Waals surface area contributed by atoms with Gasteiger partial charge in [-0.15, -0.1) is 0 Å². The maximum absolute atomic E-state index is 14.3. The van der Waals surface area contributed by atoms with Gasteiger partial charge in [0.05, 0.1) is 22.2 Å². The number of aliphatic hydroxyl groups is 1. The van der Waals surface area contributed by atoms with Gasteiger partial charge >= 0.3 is 0 Å². The van der Waals surface area contributed by atoms with Crippen molar-refractivity contribution in [3.63, 3.8) is 0 Å². The van der Waals surface area contributed by atoms with Crippen molar-refractivity contribution < 1.29 is 18.7 Å². The summed E-state index contributed by atoms with van der Waals surface area (Å²) in [5.74, 6) is -0.795. The molecule has 1 saturated heterocycles. The Labute approximate surface area is 243 Å². The summed E-state index contributed by atoms with van der Waals surface area (Å²) in [7, 11) is 0. The predicted octanol–water partition coefficient (Wildman–Crippen LogP) is 5.03. The van der Waals surface area contributed by atoms with Crippen molar-refractivity contribution in [2.45, 2.75) is 69.3 Å². The summed E-state index contributed by atoms with van der Waals surface area (Å²) in [5, 5.41) is 17.6. The second kappa shape index (κ2) is 9.28. The molecular formula is C33H33F2N5O2. The van der Waals surface area contributed by atoms with Crippen molar-refractivity contribution in [3.8, 4) is 0 Å². The van der Waals surface area contributed by atoms with Gasteiger partial charge in [0.2, 0.25) is 5.91 Å². The van der Waals surface area contributed by atoms with Crippen molar-refractivity contribution in [2.75, 3.05) is 11.9 Å². The van der Waals surface area contributed by atoms with E-state index in [4.69, 9.17) is 4.98 Å². The summed E-state index contributed by atoms with van der Waals surface area (Å²) in [4.78, 5) is 24.7. The number of fused-ring (bicyclic) bond motifs is 5. The molecule has 0 radical (unpaired) electrons. The smallest absolute Gasteiger partial charge is 0.243 e. The van der Waals surface area contributed by atoms with E-state index in [1.807, 2.05) is 39.0 Å². The van der Waals surface area contributed by atoms with Gasteiger partial charge in [0, 0.05) is 42.7 Å². The fourth-order valence-corrected chi connectivity index (χ4v) is 7.17. The Hall–Kier alpha value is -3.95. The number of nitrogens with one attached hydrogen (secondary N) is 2. The summed E-state index contributed by atoms with van der Waals surface area (Å²) in [6.07, 6.45) is 9.23. The third-order valence-electron chi connectivity index (χ3n) is 9.46. The number of rotatable bonds is 3. The molecule has 9 heteroatoms. The van der Waals surface area contributed by atoms with Crippen LogP contribution in [0.4, 0.5) is 14.6 Å². The molecule has 7 nitrogen and oxygen atoms in total. The van der Waals surface area contributed by atoms with Gasteiger partial charge in [0.1, 0.15) is 23.7 Å². The number of benzene rings is 1. The highest BCUT2D eigenvalue weighted by Crippen LogP contribution is 2.53. The Balaban J connectivity index is 1.25. The van der Waals surface area contributed by atoms with Gasteiger partial charge in [-0.1, -0.05) is 23.3 Å². The van der Waals surface area contributed by atoms with Gasteiger partial charge in [-0.2, -0.15) is 0 Å². The van der Waals surface area contributed by atoms with Crippen LogP contribution in [0.1, 0.15) is 68.0 Å². The summed E-state index contributed by atoms with van der Waals surface area (Å²) < 4.78 is 28.6. The highest BCUT2D eigenvalue weighted by atomic mass is 19.1. The van der Waals surface area contributed by atoms with Crippen LogP contribution in [0.15, 0.2) is 59.9 Å². The molecule has 2 fully saturated rings. The zero-order valence-electron chi connectivity index (χ0n) is 23.8. The number of halogens is 2. The SMILES string of the molecule is CC1(C)NCC(C)(c2cc(F)cc(F)c2)N(Cc2cnc3c(c2)C=C2CC(=C3)CC3(C2)c2cccnc2NC3O)C1=O. The van der Waals surface area contributed by atoms with Crippen molar-refractivity contribution in [2.24, 2.45) is 0 Å². The van der Waals surface area contributed by atoms with Crippen LogP contribution in [0.5, 0.6) is 0 Å². The molecule has 2 bridgehead atoms. The molecule has 216 valence electrons. The quantitative estimate of drug-likeness (QED) is 0.410. The Bertz CT molecular complexity index is 1680. The summed E-state index contributed by atoms with van der Waals surface area (Å²) in [5.41, 5.74) is 4.10. The second-order valence-corrected chi connectivity index (χ2v) is 12.9. The molecule has 1 aromatic carbocycles. The number of aliphatic hydroxyl groups excluding tert-OH is 1. The largest absolute Gasteiger partial charge is 0.373 e. The van der Waals surface area contributed by atoms with Gasteiger partial charge in [-0.3, -0.25) is 9.78 Å². The summed E-state index contributed by atoms with van der Waals surface area (Å²) in [6, 6.07) is 9.44. The number of carbonyl (C=O) groups is 1. The van der Waals surface area contributed by atoms with Crippen LogP contribution in [0.2, 0.25) is 0 Å². The van der Waals surface area contributed by atoms with E-state index in [1.54, 1.807) is 17.3 Å². The Morgan fingerprint density at radius 2 is 1.79 bits per heavy atom. The van der Waals surface area contributed by atoms with E-state index in [0.29, 0.717) is 24.9 Å². The first-order valence-electron chi connectivity index (χ1n) is 14.3. The number of piperazine rings is 1. The van der Waals surface area contributed by atoms with Crippen molar-refractivity contribution in [1.82, 2.24) is 20.2 Å². The molecule has 7 rings (SSSR count). The monoisotopic (exact) mass is 569 g/mol. The van der Waals surface area contributed by atoms with E-state index in [2.05, 4.69) is 27.8 Å². The van der Waals surface area contributed by atoms with Crippen molar-refractivity contribution in [3.05, 3.63) is 99.5 Å². The Morgan fingerprint density at radius 3 is 2.55 bits per heavy atom. The zero-order chi connectivity index (χ0) is 29.4. The molecule has 4 aliphatic rings. The van der Waals surface area contributed by atoms with E-state index in [9.17, 15) is 18.7 Å². The fraction of sp³-hybridized carbons (Fsp3) is 0.364. The third kappa shape index (κ3) is 4.17. The number of anilines is 1. The predicted molar refractivity (Wildman–Crippen MR) is 156 cm³/mol. The number of amides is 1. The minimum Gasteiger partial charge on any atom is -0.373 e. The molecule has 3 aromatic rings. The maximum Gasteiger partial charge on any atom is 0.243 e. The number of hydrogen-bond acceptors (Lipinski definition) is 6. The Kier molecular flexibility index (Phi) is 5.94. The molecular weight excluding hydrogens is 536 g/mol. The molecule has 1 spiro atoms. The van der Waals surface area contributed by atoms with Gasteiger partial charge in [0.15, 0.2) is 0 Å². The molecule has 2 aromatic heterocycles.